The molecule has 0 amide bonds. The monoisotopic (exact) mass is 295 g/mol. The van der Waals surface area contributed by atoms with Crippen molar-refractivity contribution in [3.05, 3.63) is 10.6 Å². The van der Waals surface area contributed by atoms with Crippen LogP contribution in [0.25, 0.3) is 0 Å². The lowest BCUT2D eigenvalue weighted by atomic mass is 10.2. The Labute approximate surface area is 123 Å². The summed E-state index contributed by atoms with van der Waals surface area (Å²) >= 11 is 1.71. The van der Waals surface area contributed by atoms with Gasteiger partial charge in [0.05, 0.1) is 12.1 Å². The first-order valence-corrected chi connectivity index (χ1v) is 8.10. The number of likely N-dealkylation sites (N-methyl/N-ethyl adjacent to an activating group) is 1. The molecule has 1 aromatic heterocycles. The van der Waals surface area contributed by atoms with Crippen molar-refractivity contribution >= 4 is 22.4 Å². The molecule has 2 aliphatic rings. The van der Waals surface area contributed by atoms with Crippen molar-refractivity contribution < 1.29 is 9.90 Å². The highest BCUT2D eigenvalue weighted by Gasteiger charge is 2.31. The average Bonchev–Trinajstić information content (AvgIpc) is 3.18. The molecule has 1 aromatic rings. The molecule has 0 radical (unpaired) electrons. The molecule has 0 spiro atoms. The maximum absolute atomic E-state index is 10.8. The molecule has 6 heteroatoms. The van der Waals surface area contributed by atoms with Crippen LogP contribution in [0.2, 0.25) is 0 Å². The van der Waals surface area contributed by atoms with Gasteiger partial charge < -0.3 is 14.9 Å². The Morgan fingerprint density at radius 2 is 2.05 bits per heavy atom. The Kier molecular flexibility index (Phi) is 3.94. The third-order valence-corrected chi connectivity index (χ3v) is 5.21. The van der Waals surface area contributed by atoms with E-state index < -0.39 is 5.97 Å². The highest BCUT2D eigenvalue weighted by Crippen LogP contribution is 2.44. The van der Waals surface area contributed by atoms with E-state index >= 15 is 0 Å². The lowest BCUT2D eigenvalue weighted by Gasteiger charge is -2.32. The van der Waals surface area contributed by atoms with Crippen LogP contribution in [0.15, 0.2) is 0 Å². The average molecular weight is 295 g/mol. The molecule has 2 fully saturated rings. The summed E-state index contributed by atoms with van der Waals surface area (Å²) in [7, 11) is 2.15. The molecule has 0 atom stereocenters. The summed E-state index contributed by atoms with van der Waals surface area (Å²) in [5.41, 5.74) is 1.19. The van der Waals surface area contributed by atoms with E-state index in [1.54, 1.807) is 11.3 Å². The Bertz CT molecular complexity index is 491. The van der Waals surface area contributed by atoms with Crippen molar-refractivity contribution in [3.8, 4) is 0 Å². The van der Waals surface area contributed by atoms with Gasteiger partial charge in [-0.3, -0.25) is 4.79 Å². The van der Waals surface area contributed by atoms with Gasteiger partial charge in [0.2, 0.25) is 0 Å². The summed E-state index contributed by atoms with van der Waals surface area (Å²) in [5, 5.41) is 9.97. The van der Waals surface area contributed by atoms with Crippen LogP contribution in [0.4, 0.5) is 5.13 Å². The molecule has 0 aromatic carbocycles. The lowest BCUT2D eigenvalue weighted by molar-refractivity contribution is -0.136. The van der Waals surface area contributed by atoms with Crippen molar-refractivity contribution in [3.63, 3.8) is 0 Å². The summed E-state index contributed by atoms with van der Waals surface area (Å²) in [6.45, 7) is 4.19. The number of piperazine rings is 1. The zero-order valence-electron chi connectivity index (χ0n) is 11.8. The maximum Gasteiger partial charge on any atom is 0.303 e. The van der Waals surface area contributed by atoms with Gasteiger partial charge in [0, 0.05) is 37.0 Å². The van der Waals surface area contributed by atoms with E-state index in [1.165, 1.54) is 23.4 Å². The normalized spacial score (nSPS) is 20.4. The summed E-state index contributed by atoms with van der Waals surface area (Å²) < 4.78 is 0. The van der Waals surface area contributed by atoms with Crippen LogP contribution in [-0.2, 0) is 11.2 Å². The predicted molar refractivity (Wildman–Crippen MR) is 79.8 cm³/mol. The summed E-state index contributed by atoms with van der Waals surface area (Å²) in [4.78, 5) is 21.5. The molecule has 1 N–H and O–H groups in total. The molecule has 2 heterocycles. The molecule has 3 rings (SSSR count). The number of hydrogen-bond donors (Lipinski definition) is 1. The van der Waals surface area contributed by atoms with E-state index in [0.717, 1.165) is 31.3 Å². The third kappa shape index (κ3) is 3.12. The molecular weight excluding hydrogens is 274 g/mol. The number of rotatable bonds is 5. The van der Waals surface area contributed by atoms with Crippen LogP contribution in [0.5, 0.6) is 0 Å². The minimum atomic E-state index is -0.721. The minimum Gasteiger partial charge on any atom is -0.481 e. The van der Waals surface area contributed by atoms with E-state index in [-0.39, 0.29) is 6.42 Å². The van der Waals surface area contributed by atoms with Crippen molar-refractivity contribution in [2.75, 3.05) is 38.1 Å². The Morgan fingerprint density at radius 1 is 1.35 bits per heavy atom. The number of anilines is 1. The Hall–Kier alpha value is -1.14. The fraction of sp³-hybridized carbons (Fsp3) is 0.714. The van der Waals surface area contributed by atoms with Crippen molar-refractivity contribution in [2.24, 2.45) is 0 Å². The van der Waals surface area contributed by atoms with Crippen LogP contribution in [0.3, 0.4) is 0 Å². The number of thiazole rings is 1. The van der Waals surface area contributed by atoms with E-state index in [0.29, 0.717) is 12.3 Å². The summed E-state index contributed by atoms with van der Waals surface area (Å²) in [6.07, 6.45) is 3.27. The predicted octanol–water partition coefficient (Wildman–Crippen LogP) is 1.79. The van der Waals surface area contributed by atoms with Crippen LogP contribution < -0.4 is 4.90 Å². The summed E-state index contributed by atoms with van der Waals surface area (Å²) in [6, 6.07) is 0. The fourth-order valence-corrected chi connectivity index (χ4v) is 3.76. The van der Waals surface area contributed by atoms with Gasteiger partial charge in [0.1, 0.15) is 0 Å². The van der Waals surface area contributed by atoms with Gasteiger partial charge >= 0.3 is 5.97 Å². The third-order valence-electron chi connectivity index (χ3n) is 4.02. The highest BCUT2D eigenvalue weighted by atomic mass is 32.1. The molecule has 0 unspecified atom stereocenters. The zero-order valence-corrected chi connectivity index (χ0v) is 12.7. The second kappa shape index (κ2) is 5.69. The first kappa shape index (κ1) is 13.8. The number of carboxylic acids is 1. The van der Waals surface area contributed by atoms with Crippen LogP contribution in [0, 0.1) is 0 Å². The Morgan fingerprint density at radius 3 is 2.65 bits per heavy atom. The van der Waals surface area contributed by atoms with Gasteiger partial charge in [-0.25, -0.2) is 4.98 Å². The quantitative estimate of drug-likeness (QED) is 0.897. The standard InChI is InChI=1S/C14H21N3O2S/c1-16-6-8-17(9-7-16)14-15-13(10-2-3-10)11(20-14)4-5-12(18)19/h10H,2-9H2,1H3,(H,18,19). The van der Waals surface area contributed by atoms with Gasteiger partial charge in [-0.15, -0.1) is 11.3 Å². The first-order valence-electron chi connectivity index (χ1n) is 7.28. The largest absolute Gasteiger partial charge is 0.481 e. The highest BCUT2D eigenvalue weighted by molar-refractivity contribution is 7.15. The van der Waals surface area contributed by atoms with Crippen molar-refractivity contribution in [1.29, 1.82) is 0 Å². The molecular formula is C14H21N3O2S. The van der Waals surface area contributed by atoms with Gasteiger partial charge in [-0.1, -0.05) is 0 Å². The number of aryl methyl sites for hydroxylation is 1. The molecule has 1 aliphatic heterocycles. The minimum absolute atomic E-state index is 0.212. The molecule has 0 bridgehead atoms. The van der Waals surface area contributed by atoms with Gasteiger partial charge in [0.25, 0.3) is 0 Å². The smallest absolute Gasteiger partial charge is 0.303 e. The first-order chi connectivity index (χ1) is 9.63. The maximum atomic E-state index is 10.8. The number of aliphatic carboxylic acids is 1. The van der Waals surface area contributed by atoms with Crippen molar-refractivity contribution in [2.45, 2.75) is 31.6 Å². The van der Waals surface area contributed by atoms with Gasteiger partial charge in [-0.2, -0.15) is 0 Å². The van der Waals surface area contributed by atoms with Crippen LogP contribution >= 0.6 is 11.3 Å². The number of hydrogen-bond acceptors (Lipinski definition) is 5. The molecule has 1 aliphatic carbocycles. The fourth-order valence-electron chi connectivity index (χ4n) is 2.56. The van der Waals surface area contributed by atoms with E-state index in [4.69, 9.17) is 10.1 Å². The lowest BCUT2D eigenvalue weighted by Crippen LogP contribution is -2.44. The molecule has 5 nitrogen and oxygen atoms in total. The zero-order chi connectivity index (χ0) is 14.1. The van der Waals surface area contributed by atoms with E-state index in [2.05, 4.69) is 16.8 Å². The summed E-state index contributed by atoms with van der Waals surface area (Å²) in [5.74, 6) is -0.127. The van der Waals surface area contributed by atoms with Crippen LogP contribution in [0.1, 0.15) is 35.8 Å². The van der Waals surface area contributed by atoms with Crippen LogP contribution in [-0.4, -0.2) is 54.2 Å². The number of carbonyl (C=O) groups is 1. The molecule has 20 heavy (non-hydrogen) atoms. The topological polar surface area (TPSA) is 56.7 Å². The number of carboxylic acid groups (broad SMARTS) is 1. The Balaban J connectivity index is 1.74. The molecule has 1 saturated carbocycles. The molecule has 110 valence electrons. The SMILES string of the molecule is CN1CCN(c2nc(C3CC3)c(CCC(=O)O)s2)CC1. The van der Waals surface area contributed by atoms with E-state index in [9.17, 15) is 4.79 Å². The van der Waals surface area contributed by atoms with Gasteiger partial charge in [0.15, 0.2) is 5.13 Å². The van der Waals surface area contributed by atoms with Gasteiger partial charge in [-0.05, 0) is 26.3 Å². The molecule has 1 saturated heterocycles. The number of nitrogens with zero attached hydrogens (tertiary/aromatic N) is 3. The second-order valence-electron chi connectivity index (χ2n) is 5.76. The number of aromatic nitrogens is 1. The second-order valence-corrected chi connectivity index (χ2v) is 6.83. The van der Waals surface area contributed by atoms with Crippen molar-refractivity contribution in [1.82, 2.24) is 9.88 Å². The van der Waals surface area contributed by atoms with E-state index in [1.807, 2.05) is 0 Å².